The SMILES string of the molecule is COc1ccc(CCC(=O)OCC(=O)c2cccc3ccccc23)cc1. The molecule has 4 nitrogen and oxygen atoms in total. The molecule has 0 saturated heterocycles. The number of fused-ring (bicyclic) bond motifs is 1. The second kappa shape index (κ2) is 8.30. The lowest BCUT2D eigenvalue weighted by atomic mass is 10.0. The Bertz CT molecular complexity index is 908. The highest BCUT2D eigenvalue weighted by molar-refractivity contribution is 6.09. The molecule has 3 aromatic rings. The van der Waals surface area contributed by atoms with Crippen LogP contribution in [0.2, 0.25) is 0 Å². The Morgan fingerprint density at radius 1 is 0.885 bits per heavy atom. The van der Waals surface area contributed by atoms with Gasteiger partial charge in [0.15, 0.2) is 6.61 Å². The fourth-order valence-electron chi connectivity index (χ4n) is 2.80. The zero-order chi connectivity index (χ0) is 18.4. The summed E-state index contributed by atoms with van der Waals surface area (Å²) >= 11 is 0. The summed E-state index contributed by atoms with van der Waals surface area (Å²) < 4.78 is 10.3. The number of benzene rings is 3. The zero-order valence-electron chi connectivity index (χ0n) is 14.6. The number of aryl methyl sites for hydroxylation is 1. The molecule has 132 valence electrons. The van der Waals surface area contributed by atoms with Crippen molar-refractivity contribution in [2.24, 2.45) is 0 Å². The third kappa shape index (κ3) is 4.28. The van der Waals surface area contributed by atoms with Gasteiger partial charge in [-0.05, 0) is 34.9 Å². The van der Waals surface area contributed by atoms with Crippen LogP contribution >= 0.6 is 0 Å². The van der Waals surface area contributed by atoms with E-state index in [2.05, 4.69) is 0 Å². The fourth-order valence-corrected chi connectivity index (χ4v) is 2.80. The largest absolute Gasteiger partial charge is 0.497 e. The average Bonchev–Trinajstić information content (AvgIpc) is 2.70. The summed E-state index contributed by atoms with van der Waals surface area (Å²) in [6.07, 6.45) is 0.792. The molecular weight excluding hydrogens is 328 g/mol. The van der Waals surface area contributed by atoms with Crippen LogP contribution in [0.1, 0.15) is 22.3 Å². The first-order valence-corrected chi connectivity index (χ1v) is 8.47. The number of rotatable bonds is 7. The Hall–Kier alpha value is -3.14. The zero-order valence-corrected chi connectivity index (χ0v) is 14.6. The molecule has 0 saturated carbocycles. The summed E-state index contributed by atoms with van der Waals surface area (Å²) in [7, 11) is 1.61. The van der Waals surface area contributed by atoms with Gasteiger partial charge in [-0.3, -0.25) is 9.59 Å². The van der Waals surface area contributed by atoms with Crippen molar-refractivity contribution in [2.45, 2.75) is 12.8 Å². The second-order valence-corrected chi connectivity index (χ2v) is 5.96. The monoisotopic (exact) mass is 348 g/mol. The van der Waals surface area contributed by atoms with Crippen molar-refractivity contribution in [3.05, 3.63) is 77.9 Å². The van der Waals surface area contributed by atoms with Crippen molar-refractivity contribution < 1.29 is 19.1 Å². The molecule has 0 N–H and O–H groups in total. The molecule has 3 rings (SSSR count). The molecule has 4 heteroatoms. The Kier molecular flexibility index (Phi) is 5.64. The van der Waals surface area contributed by atoms with E-state index in [-0.39, 0.29) is 24.8 Å². The van der Waals surface area contributed by atoms with Gasteiger partial charge in [0.2, 0.25) is 5.78 Å². The number of Topliss-reactive ketones (excluding diaryl/α,β-unsaturated/α-hetero) is 1. The lowest BCUT2D eigenvalue weighted by Gasteiger charge is -2.07. The molecule has 0 aliphatic carbocycles. The summed E-state index contributed by atoms with van der Waals surface area (Å²) in [6.45, 7) is -0.241. The lowest BCUT2D eigenvalue weighted by Crippen LogP contribution is -2.14. The third-order valence-corrected chi connectivity index (χ3v) is 4.23. The lowest BCUT2D eigenvalue weighted by molar-refractivity contribution is -0.142. The van der Waals surface area contributed by atoms with Gasteiger partial charge >= 0.3 is 5.97 Å². The maximum atomic E-state index is 12.4. The number of carbonyl (C=O) groups excluding carboxylic acids is 2. The van der Waals surface area contributed by atoms with Gasteiger partial charge in [-0.15, -0.1) is 0 Å². The predicted molar refractivity (Wildman–Crippen MR) is 101 cm³/mol. The first-order valence-electron chi connectivity index (χ1n) is 8.47. The van der Waals surface area contributed by atoms with Crippen molar-refractivity contribution >= 4 is 22.5 Å². The van der Waals surface area contributed by atoms with Crippen LogP contribution in [-0.4, -0.2) is 25.5 Å². The van der Waals surface area contributed by atoms with E-state index in [1.807, 2.05) is 60.7 Å². The highest BCUT2D eigenvalue weighted by Gasteiger charge is 2.12. The number of methoxy groups -OCH3 is 1. The summed E-state index contributed by atoms with van der Waals surface area (Å²) in [4.78, 5) is 24.4. The normalized spacial score (nSPS) is 10.5. The van der Waals surface area contributed by atoms with Crippen molar-refractivity contribution in [3.8, 4) is 5.75 Å². The van der Waals surface area contributed by atoms with E-state index in [9.17, 15) is 9.59 Å². The number of ketones is 1. The number of esters is 1. The van der Waals surface area contributed by atoms with E-state index < -0.39 is 0 Å². The standard InChI is InChI=1S/C22H20O4/c1-25-18-12-9-16(10-13-18)11-14-22(24)26-15-21(23)20-8-4-6-17-5-2-3-7-19(17)20/h2-10,12-13H,11,14-15H2,1H3. The van der Waals surface area contributed by atoms with Crippen molar-refractivity contribution in [1.29, 1.82) is 0 Å². The summed E-state index contributed by atoms with van der Waals surface area (Å²) in [5.74, 6) is 0.200. The van der Waals surface area contributed by atoms with Gasteiger partial charge in [0.1, 0.15) is 5.75 Å². The van der Waals surface area contributed by atoms with Crippen LogP contribution in [0.4, 0.5) is 0 Å². The van der Waals surface area contributed by atoms with Crippen LogP contribution in [-0.2, 0) is 16.0 Å². The molecule has 0 aromatic heterocycles. The van der Waals surface area contributed by atoms with Crippen molar-refractivity contribution in [3.63, 3.8) is 0 Å². The molecule has 0 unspecified atom stereocenters. The Balaban J connectivity index is 1.54. The summed E-state index contributed by atoms with van der Waals surface area (Å²) in [5, 5.41) is 1.86. The van der Waals surface area contributed by atoms with Gasteiger partial charge in [-0.2, -0.15) is 0 Å². The smallest absolute Gasteiger partial charge is 0.306 e. The van der Waals surface area contributed by atoms with Gasteiger partial charge in [-0.1, -0.05) is 54.6 Å². The number of hydrogen-bond acceptors (Lipinski definition) is 4. The molecule has 0 heterocycles. The van der Waals surface area contributed by atoms with Crippen LogP contribution in [0.5, 0.6) is 5.75 Å². The molecule has 26 heavy (non-hydrogen) atoms. The molecule has 0 aliphatic rings. The van der Waals surface area contributed by atoms with E-state index in [1.54, 1.807) is 13.2 Å². The highest BCUT2D eigenvalue weighted by Crippen LogP contribution is 2.19. The van der Waals surface area contributed by atoms with E-state index in [4.69, 9.17) is 9.47 Å². The second-order valence-electron chi connectivity index (χ2n) is 5.96. The molecule has 0 bridgehead atoms. The number of hydrogen-bond donors (Lipinski definition) is 0. The third-order valence-electron chi connectivity index (χ3n) is 4.23. The van der Waals surface area contributed by atoms with Crippen molar-refractivity contribution in [1.82, 2.24) is 0 Å². The van der Waals surface area contributed by atoms with Gasteiger partial charge < -0.3 is 9.47 Å². The average molecular weight is 348 g/mol. The molecule has 3 aromatic carbocycles. The Labute approximate surface area is 152 Å². The molecule has 0 aliphatic heterocycles. The minimum atomic E-state index is -0.380. The highest BCUT2D eigenvalue weighted by atomic mass is 16.5. The quantitative estimate of drug-likeness (QED) is 0.474. The molecule has 0 spiro atoms. The number of carbonyl (C=O) groups is 2. The summed E-state index contributed by atoms with van der Waals surface area (Å²) in [6, 6.07) is 20.7. The minimum absolute atomic E-state index is 0.195. The van der Waals surface area contributed by atoms with Crippen LogP contribution in [0.15, 0.2) is 66.7 Å². The van der Waals surface area contributed by atoms with Gasteiger partial charge in [0, 0.05) is 12.0 Å². The van der Waals surface area contributed by atoms with E-state index >= 15 is 0 Å². The number of ether oxygens (including phenoxy) is 2. The molecule has 0 radical (unpaired) electrons. The molecule has 0 fully saturated rings. The Morgan fingerprint density at radius 3 is 2.38 bits per heavy atom. The first kappa shape index (κ1) is 17.7. The van der Waals surface area contributed by atoms with Crippen LogP contribution < -0.4 is 4.74 Å². The van der Waals surface area contributed by atoms with Crippen LogP contribution in [0, 0.1) is 0 Å². The fraction of sp³-hybridized carbons (Fsp3) is 0.182. The van der Waals surface area contributed by atoms with Crippen LogP contribution in [0.25, 0.3) is 10.8 Å². The van der Waals surface area contributed by atoms with Gasteiger partial charge in [0.25, 0.3) is 0 Å². The van der Waals surface area contributed by atoms with E-state index in [0.717, 1.165) is 22.1 Å². The van der Waals surface area contributed by atoms with E-state index in [1.165, 1.54) is 0 Å². The molecular formula is C22H20O4. The topological polar surface area (TPSA) is 52.6 Å². The minimum Gasteiger partial charge on any atom is -0.497 e. The maximum Gasteiger partial charge on any atom is 0.306 e. The van der Waals surface area contributed by atoms with Gasteiger partial charge in [-0.25, -0.2) is 0 Å². The molecule has 0 amide bonds. The summed E-state index contributed by atoms with van der Waals surface area (Å²) in [5.41, 5.74) is 1.59. The maximum absolute atomic E-state index is 12.4. The van der Waals surface area contributed by atoms with Crippen molar-refractivity contribution in [2.75, 3.05) is 13.7 Å². The van der Waals surface area contributed by atoms with E-state index in [0.29, 0.717) is 12.0 Å². The first-order chi connectivity index (χ1) is 12.7. The predicted octanol–water partition coefficient (Wildman–Crippen LogP) is 4.21. The Morgan fingerprint density at radius 2 is 1.62 bits per heavy atom. The van der Waals surface area contributed by atoms with Crippen LogP contribution in [0.3, 0.4) is 0 Å². The van der Waals surface area contributed by atoms with Gasteiger partial charge in [0.05, 0.1) is 7.11 Å². The molecule has 0 atom stereocenters.